The van der Waals surface area contributed by atoms with Gasteiger partial charge in [0.15, 0.2) is 0 Å². The number of hydrogen-bond acceptors (Lipinski definition) is 1. The predicted octanol–water partition coefficient (Wildman–Crippen LogP) is 2.06. The lowest BCUT2D eigenvalue weighted by molar-refractivity contribution is 0.342. The van der Waals surface area contributed by atoms with Gasteiger partial charge in [0.05, 0.1) is 6.61 Å². The minimum Gasteiger partial charge on any atom is -0.392 e. The molecular formula is C9H14O. The lowest BCUT2D eigenvalue weighted by Crippen LogP contribution is -1.79. The van der Waals surface area contributed by atoms with Crippen LogP contribution in [0.3, 0.4) is 0 Å². The molecule has 0 aromatic carbocycles. The van der Waals surface area contributed by atoms with E-state index < -0.39 is 0 Å². The maximum atomic E-state index is 8.45. The van der Waals surface area contributed by atoms with Crippen LogP contribution < -0.4 is 0 Å². The van der Waals surface area contributed by atoms with Crippen molar-refractivity contribution in [3.05, 3.63) is 36.0 Å². The molecule has 56 valence electrons. The van der Waals surface area contributed by atoms with Gasteiger partial charge in [-0.3, -0.25) is 0 Å². The summed E-state index contributed by atoms with van der Waals surface area (Å²) in [5, 5.41) is 8.45. The second-order valence-corrected chi connectivity index (χ2v) is 2.11. The molecule has 0 aliphatic carbocycles. The maximum Gasteiger partial charge on any atom is 0.0615 e. The van der Waals surface area contributed by atoms with Crippen molar-refractivity contribution in [1.82, 2.24) is 0 Å². The Hall–Kier alpha value is -0.820. The van der Waals surface area contributed by atoms with E-state index in [2.05, 4.69) is 6.58 Å². The van der Waals surface area contributed by atoms with Crippen LogP contribution in [0.4, 0.5) is 0 Å². The molecule has 0 bridgehead atoms. The maximum absolute atomic E-state index is 8.45. The monoisotopic (exact) mass is 138 g/mol. The van der Waals surface area contributed by atoms with Crippen molar-refractivity contribution in [3.63, 3.8) is 0 Å². The van der Waals surface area contributed by atoms with Gasteiger partial charge in [0.1, 0.15) is 0 Å². The highest BCUT2D eigenvalue weighted by Gasteiger charge is 1.87. The molecule has 0 aliphatic heterocycles. The molecule has 0 aromatic heterocycles. The highest BCUT2D eigenvalue weighted by molar-refractivity contribution is 5.35. The quantitative estimate of drug-likeness (QED) is 0.592. The third-order valence-electron chi connectivity index (χ3n) is 1.21. The van der Waals surface area contributed by atoms with Crippen LogP contribution in [0.15, 0.2) is 36.0 Å². The van der Waals surface area contributed by atoms with Crippen LogP contribution in [0, 0.1) is 0 Å². The molecule has 10 heavy (non-hydrogen) atoms. The number of rotatable bonds is 3. The number of aliphatic hydroxyl groups is 1. The highest BCUT2D eigenvalue weighted by atomic mass is 16.2. The molecule has 0 heterocycles. The Labute approximate surface area is 62.4 Å². The lowest BCUT2D eigenvalue weighted by Gasteiger charge is -1.96. The van der Waals surface area contributed by atoms with Crippen molar-refractivity contribution in [2.75, 3.05) is 6.61 Å². The molecule has 0 saturated carbocycles. The Morgan fingerprint density at radius 1 is 1.60 bits per heavy atom. The molecule has 0 saturated heterocycles. The second kappa shape index (κ2) is 5.00. The zero-order valence-electron chi connectivity index (χ0n) is 6.59. The first-order chi connectivity index (χ1) is 4.72. The Balaban J connectivity index is 4.12. The van der Waals surface area contributed by atoms with Gasteiger partial charge in [-0.15, -0.1) is 0 Å². The fourth-order valence-corrected chi connectivity index (χ4v) is 0.665. The Morgan fingerprint density at radius 3 is 2.50 bits per heavy atom. The molecule has 0 aliphatic rings. The normalized spacial score (nSPS) is 12.5. The van der Waals surface area contributed by atoms with Crippen molar-refractivity contribution < 1.29 is 5.11 Å². The highest BCUT2D eigenvalue weighted by Crippen LogP contribution is 2.06. The fourth-order valence-electron chi connectivity index (χ4n) is 0.665. The van der Waals surface area contributed by atoms with E-state index in [0.29, 0.717) is 0 Å². The van der Waals surface area contributed by atoms with E-state index in [1.165, 1.54) is 0 Å². The molecule has 0 radical (unpaired) electrons. The van der Waals surface area contributed by atoms with Crippen molar-refractivity contribution in [2.24, 2.45) is 0 Å². The molecule has 0 fully saturated rings. The summed E-state index contributed by atoms with van der Waals surface area (Å²) in [6, 6.07) is 0. The number of hydrogen-bond donors (Lipinski definition) is 1. The zero-order valence-corrected chi connectivity index (χ0v) is 6.59. The Bertz CT molecular complexity index is 164. The summed E-state index contributed by atoms with van der Waals surface area (Å²) in [6.07, 6.45) is 5.53. The Morgan fingerprint density at radius 2 is 2.20 bits per heavy atom. The standard InChI is InChI=1S/C9H14O/c1-4-9(8(2)3)6-5-7-10/h4-6,10H,2,7H2,1,3H3. The van der Waals surface area contributed by atoms with E-state index in [1.54, 1.807) is 6.08 Å². The predicted molar refractivity (Wildman–Crippen MR) is 44.8 cm³/mol. The summed E-state index contributed by atoms with van der Waals surface area (Å²) >= 11 is 0. The second-order valence-electron chi connectivity index (χ2n) is 2.11. The fraction of sp³-hybridized carbons (Fsp3) is 0.333. The summed E-state index contributed by atoms with van der Waals surface area (Å²) in [5.41, 5.74) is 2.10. The van der Waals surface area contributed by atoms with Crippen LogP contribution in [0.25, 0.3) is 0 Å². The van der Waals surface area contributed by atoms with Crippen LogP contribution in [-0.2, 0) is 0 Å². The summed E-state index contributed by atoms with van der Waals surface area (Å²) in [4.78, 5) is 0. The van der Waals surface area contributed by atoms with Gasteiger partial charge < -0.3 is 5.11 Å². The molecule has 0 amide bonds. The zero-order chi connectivity index (χ0) is 7.98. The lowest BCUT2D eigenvalue weighted by atomic mass is 10.1. The molecule has 1 nitrogen and oxygen atoms in total. The van der Waals surface area contributed by atoms with E-state index in [1.807, 2.05) is 26.0 Å². The minimum absolute atomic E-state index is 0.0879. The summed E-state index contributed by atoms with van der Waals surface area (Å²) in [6.45, 7) is 7.76. The molecule has 1 N–H and O–H groups in total. The molecule has 0 rings (SSSR count). The van der Waals surface area contributed by atoms with Crippen molar-refractivity contribution in [2.45, 2.75) is 13.8 Å². The van der Waals surface area contributed by atoms with Crippen LogP contribution >= 0.6 is 0 Å². The summed E-state index contributed by atoms with van der Waals surface area (Å²) in [7, 11) is 0. The largest absolute Gasteiger partial charge is 0.392 e. The van der Waals surface area contributed by atoms with Gasteiger partial charge in [-0.2, -0.15) is 0 Å². The molecule has 0 aromatic rings. The van der Waals surface area contributed by atoms with Gasteiger partial charge in [-0.1, -0.05) is 30.4 Å². The topological polar surface area (TPSA) is 20.2 Å². The van der Waals surface area contributed by atoms with Crippen LogP contribution in [0.5, 0.6) is 0 Å². The number of aliphatic hydroxyl groups excluding tert-OH is 1. The molecule has 0 spiro atoms. The molecular weight excluding hydrogens is 124 g/mol. The number of allylic oxidation sites excluding steroid dienone is 4. The van der Waals surface area contributed by atoms with Crippen LogP contribution in [-0.4, -0.2) is 11.7 Å². The van der Waals surface area contributed by atoms with Gasteiger partial charge in [0.2, 0.25) is 0 Å². The van der Waals surface area contributed by atoms with Gasteiger partial charge in [-0.05, 0) is 19.4 Å². The summed E-state index contributed by atoms with van der Waals surface area (Å²) in [5.74, 6) is 0. The third-order valence-corrected chi connectivity index (χ3v) is 1.21. The third kappa shape index (κ3) is 3.25. The van der Waals surface area contributed by atoms with Crippen LogP contribution in [0.1, 0.15) is 13.8 Å². The van der Waals surface area contributed by atoms with Crippen molar-refractivity contribution in [3.8, 4) is 0 Å². The van der Waals surface area contributed by atoms with Crippen molar-refractivity contribution >= 4 is 0 Å². The average Bonchev–Trinajstić information content (AvgIpc) is 1.89. The SMILES string of the molecule is C=C(C)C(C=CCO)=CC. The van der Waals surface area contributed by atoms with E-state index in [4.69, 9.17) is 5.11 Å². The first-order valence-electron chi connectivity index (χ1n) is 3.32. The van der Waals surface area contributed by atoms with Crippen molar-refractivity contribution in [1.29, 1.82) is 0 Å². The van der Waals surface area contributed by atoms with Crippen LogP contribution in [0.2, 0.25) is 0 Å². The molecule has 0 unspecified atom stereocenters. The van der Waals surface area contributed by atoms with Gasteiger partial charge >= 0.3 is 0 Å². The Kier molecular flexibility index (Phi) is 4.59. The molecule has 0 atom stereocenters. The van der Waals surface area contributed by atoms with E-state index >= 15 is 0 Å². The van der Waals surface area contributed by atoms with Gasteiger partial charge in [0, 0.05) is 0 Å². The van der Waals surface area contributed by atoms with E-state index in [-0.39, 0.29) is 6.61 Å². The van der Waals surface area contributed by atoms with Gasteiger partial charge in [-0.25, -0.2) is 0 Å². The summed E-state index contributed by atoms with van der Waals surface area (Å²) < 4.78 is 0. The first kappa shape index (κ1) is 9.18. The first-order valence-corrected chi connectivity index (χ1v) is 3.32. The smallest absolute Gasteiger partial charge is 0.0615 e. The minimum atomic E-state index is 0.0879. The van der Waals surface area contributed by atoms with E-state index in [0.717, 1.165) is 11.1 Å². The van der Waals surface area contributed by atoms with Gasteiger partial charge in [0.25, 0.3) is 0 Å². The van der Waals surface area contributed by atoms with E-state index in [9.17, 15) is 0 Å². The molecule has 1 heteroatoms. The average molecular weight is 138 g/mol.